The molecule has 1 aromatic rings. The van der Waals surface area contributed by atoms with E-state index in [2.05, 4.69) is 6.92 Å². The summed E-state index contributed by atoms with van der Waals surface area (Å²) in [4.78, 5) is 25.9. The first-order chi connectivity index (χ1) is 15.5. The fourth-order valence-corrected chi connectivity index (χ4v) is 3.92. The Morgan fingerprint density at radius 1 is 0.750 bits per heavy atom. The molecule has 1 rings (SSSR count). The van der Waals surface area contributed by atoms with E-state index in [1.165, 1.54) is 66.3 Å². The summed E-state index contributed by atoms with van der Waals surface area (Å²) in [5.41, 5.74) is 0.301. The number of unbranched alkanes of at least 4 members (excludes halogenated alkanes) is 9. The van der Waals surface area contributed by atoms with Crippen LogP contribution in [0.15, 0.2) is 12.1 Å². The number of rotatable bonds is 18. The maximum Gasteiger partial charge on any atom is 0.316 e. The van der Waals surface area contributed by atoms with Crippen LogP contribution in [0.4, 0.5) is 0 Å². The van der Waals surface area contributed by atoms with Gasteiger partial charge < -0.3 is 18.9 Å². The van der Waals surface area contributed by atoms with Crippen LogP contribution in [0, 0.1) is 5.92 Å². The van der Waals surface area contributed by atoms with Gasteiger partial charge in [0.15, 0.2) is 17.3 Å². The molecule has 0 aliphatic heterocycles. The van der Waals surface area contributed by atoms with E-state index in [1.807, 2.05) is 0 Å². The Labute approximate surface area is 194 Å². The third-order valence-electron chi connectivity index (χ3n) is 5.70. The molecule has 1 unspecified atom stereocenters. The zero-order chi connectivity index (χ0) is 23.8. The summed E-state index contributed by atoms with van der Waals surface area (Å²) < 4.78 is 21.3. The second-order valence-corrected chi connectivity index (χ2v) is 8.02. The van der Waals surface area contributed by atoms with Crippen molar-refractivity contribution in [3.05, 3.63) is 17.7 Å². The molecular weight excluding hydrogens is 408 g/mol. The number of hydrogen-bond donors (Lipinski definition) is 0. The standard InChI is InChI=1S/C26H42O6/c1-6-8-9-10-11-12-13-14-15-16-17-21(26(28)32-7-2)23(27)20-18-19-22(29-3)25(31-5)24(20)30-4/h18-19,21H,6-17H2,1-5H3. The number of carbonyl (C=O) groups excluding carboxylic acids is 2. The highest BCUT2D eigenvalue weighted by molar-refractivity contribution is 6.10. The number of Topliss-reactive ketones (excluding diaryl/α,β-unsaturated/α-hetero) is 1. The molecule has 182 valence electrons. The van der Waals surface area contributed by atoms with Gasteiger partial charge >= 0.3 is 5.97 Å². The summed E-state index contributed by atoms with van der Waals surface area (Å²) in [7, 11) is 4.47. The zero-order valence-electron chi connectivity index (χ0n) is 20.7. The summed E-state index contributed by atoms with van der Waals surface area (Å²) in [6.45, 7) is 4.22. The highest BCUT2D eigenvalue weighted by Crippen LogP contribution is 2.41. The topological polar surface area (TPSA) is 71.1 Å². The van der Waals surface area contributed by atoms with Crippen molar-refractivity contribution in [3.8, 4) is 17.2 Å². The van der Waals surface area contributed by atoms with Crippen molar-refractivity contribution in [1.29, 1.82) is 0 Å². The molecule has 0 saturated carbocycles. The lowest BCUT2D eigenvalue weighted by molar-refractivity contribution is -0.146. The summed E-state index contributed by atoms with van der Waals surface area (Å²) >= 11 is 0. The Kier molecular flexibility index (Phi) is 14.2. The van der Waals surface area contributed by atoms with Crippen LogP contribution in [0.3, 0.4) is 0 Å². The lowest BCUT2D eigenvalue weighted by Crippen LogP contribution is -2.27. The highest BCUT2D eigenvalue weighted by Gasteiger charge is 2.32. The van der Waals surface area contributed by atoms with Crippen molar-refractivity contribution < 1.29 is 28.5 Å². The van der Waals surface area contributed by atoms with Gasteiger partial charge in [0, 0.05) is 0 Å². The first kappa shape index (κ1) is 27.8. The fourth-order valence-electron chi connectivity index (χ4n) is 3.92. The van der Waals surface area contributed by atoms with E-state index < -0.39 is 11.9 Å². The summed E-state index contributed by atoms with van der Waals surface area (Å²) in [6, 6.07) is 3.27. The van der Waals surface area contributed by atoms with Crippen molar-refractivity contribution in [1.82, 2.24) is 0 Å². The lowest BCUT2D eigenvalue weighted by atomic mass is 9.91. The van der Waals surface area contributed by atoms with Gasteiger partial charge in [-0.3, -0.25) is 9.59 Å². The molecule has 32 heavy (non-hydrogen) atoms. The van der Waals surface area contributed by atoms with Crippen LogP contribution in [-0.2, 0) is 9.53 Å². The Morgan fingerprint density at radius 2 is 1.31 bits per heavy atom. The van der Waals surface area contributed by atoms with Gasteiger partial charge in [0.1, 0.15) is 5.92 Å². The Hall–Kier alpha value is -2.24. The van der Waals surface area contributed by atoms with Crippen molar-refractivity contribution in [3.63, 3.8) is 0 Å². The number of benzene rings is 1. The molecule has 6 heteroatoms. The summed E-state index contributed by atoms with van der Waals surface area (Å²) in [5.74, 6) is -0.571. The monoisotopic (exact) mass is 450 g/mol. The average molecular weight is 451 g/mol. The number of ether oxygens (including phenoxy) is 4. The third kappa shape index (κ3) is 8.71. The number of esters is 1. The van der Waals surface area contributed by atoms with E-state index in [0.717, 1.165) is 19.3 Å². The minimum atomic E-state index is -0.851. The summed E-state index contributed by atoms with van der Waals surface area (Å²) in [6.07, 6.45) is 12.4. The molecule has 0 aromatic heterocycles. The van der Waals surface area contributed by atoms with Crippen LogP contribution >= 0.6 is 0 Å². The van der Waals surface area contributed by atoms with Crippen molar-refractivity contribution in [2.75, 3.05) is 27.9 Å². The first-order valence-electron chi connectivity index (χ1n) is 12.0. The average Bonchev–Trinajstić information content (AvgIpc) is 2.81. The van der Waals surface area contributed by atoms with Crippen molar-refractivity contribution in [2.24, 2.45) is 5.92 Å². The molecule has 0 amide bonds. The van der Waals surface area contributed by atoms with Crippen LogP contribution in [0.5, 0.6) is 17.2 Å². The zero-order valence-corrected chi connectivity index (χ0v) is 20.7. The van der Waals surface area contributed by atoms with E-state index in [0.29, 0.717) is 23.5 Å². The molecular formula is C26H42O6. The second kappa shape index (κ2) is 16.4. The third-order valence-corrected chi connectivity index (χ3v) is 5.70. The molecule has 0 radical (unpaired) electrons. The lowest BCUT2D eigenvalue weighted by Gasteiger charge is -2.19. The van der Waals surface area contributed by atoms with E-state index in [1.54, 1.807) is 19.1 Å². The van der Waals surface area contributed by atoms with Gasteiger partial charge in [0.05, 0.1) is 33.5 Å². The van der Waals surface area contributed by atoms with Gasteiger partial charge in [-0.15, -0.1) is 0 Å². The number of carbonyl (C=O) groups is 2. The number of hydrogen-bond acceptors (Lipinski definition) is 6. The molecule has 0 heterocycles. The van der Waals surface area contributed by atoms with Crippen molar-refractivity contribution >= 4 is 11.8 Å². The molecule has 0 aliphatic rings. The number of methoxy groups -OCH3 is 3. The quantitative estimate of drug-likeness (QED) is 0.112. The van der Waals surface area contributed by atoms with Crippen LogP contribution in [-0.4, -0.2) is 39.7 Å². The Bertz CT molecular complexity index is 685. The van der Waals surface area contributed by atoms with Gasteiger partial charge in [-0.25, -0.2) is 0 Å². The van der Waals surface area contributed by atoms with E-state index in [-0.39, 0.29) is 18.1 Å². The van der Waals surface area contributed by atoms with Gasteiger partial charge in [-0.2, -0.15) is 0 Å². The van der Waals surface area contributed by atoms with Gasteiger partial charge in [-0.05, 0) is 25.5 Å². The van der Waals surface area contributed by atoms with Crippen LogP contribution in [0.25, 0.3) is 0 Å². The molecule has 1 atom stereocenters. The van der Waals surface area contributed by atoms with E-state index in [4.69, 9.17) is 18.9 Å². The summed E-state index contributed by atoms with van der Waals surface area (Å²) in [5, 5.41) is 0. The molecule has 0 spiro atoms. The van der Waals surface area contributed by atoms with E-state index in [9.17, 15) is 9.59 Å². The van der Waals surface area contributed by atoms with Gasteiger partial charge in [-0.1, -0.05) is 71.1 Å². The predicted molar refractivity (Wildman–Crippen MR) is 127 cm³/mol. The fraction of sp³-hybridized carbons (Fsp3) is 0.692. The Morgan fingerprint density at radius 3 is 1.81 bits per heavy atom. The van der Waals surface area contributed by atoms with E-state index >= 15 is 0 Å². The SMILES string of the molecule is CCCCCCCCCCCCC(C(=O)OCC)C(=O)c1ccc(OC)c(OC)c1OC. The maximum absolute atomic E-state index is 13.3. The van der Waals surface area contributed by atoms with Gasteiger partial charge in [0.2, 0.25) is 5.75 Å². The Balaban J connectivity index is 2.73. The van der Waals surface area contributed by atoms with Crippen LogP contribution in [0.1, 0.15) is 94.8 Å². The van der Waals surface area contributed by atoms with Crippen LogP contribution < -0.4 is 14.2 Å². The predicted octanol–water partition coefficient (Wildman–Crippen LogP) is 6.39. The van der Waals surface area contributed by atoms with Crippen LogP contribution in [0.2, 0.25) is 0 Å². The van der Waals surface area contributed by atoms with Gasteiger partial charge in [0.25, 0.3) is 0 Å². The molecule has 0 saturated heterocycles. The highest BCUT2D eigenvalue weighted by atomic mass is 16.5. The largest absolute Gasteiger partial charge is 0.493 e. The molecule has 0 N–H and O–H groups in total. The molecule has 0 bridgehead atoms. The van der Waals surface area contributed by atoms with Crippen molar-refractivity contribution in [2.45, 2.75) is 84.5 Å². The normalized spacial score (nSPS) is 11.7. The minimum Gasteiger partial charge on any atom is -0.493 e. The maximum atomic E-state index is 13.3. The number of ketones is 1. The molecule has 1 aromatic carbocycles. The smallest absolute Gasteiger partial charge is 0.316 e. The second-order valence-electron chi connectivity index (χ2n) is 8.02. The molecule has 0 aliphatic carbocycles. The first-order valence-corrected chi connectivity index (χ1v) is 12.0. The molecule has 6 nitrogen and oxygen atoms in total. The molecule has 0 fully saturated rings. The minimum absolute atomic E-state index is 0.240.